The number of benzene rings is 1. The van der Waals surface area contributed by atoms with E-state index in [9.17, 15) is 13.2 Å². The Labute approximate surface area is 123 Å². The second-order valence-corrected chi connectivity index (χ2v) is 6.74. The van der Waals surface area contributed by atoms with Gasteiger partial charge in [-0.15, -0.1) is 0 Å². The topological polar surface area (TPSA) is 12.0 Å². The normalized spacial score (nSPS) is 23.2. The molecule has 1 aromatic carbocycles. The Kier molecular flexibility index (Phi) is 5.20. The summed E-state index contributed by atoms with van der Waals surface area (Å²) < 4.78 is 36.8. The first-order valence-corrected chi connectivity index (χ1v) is 7.91. The van der Waals surface area contributed by atoms with E-state index in [2.05, 4.69) is 33.4 Å². The maximum Gasteiger partial charge on any atom is 0.441 e. The van der Waals surface area contributed by atoms with Crippen LogP contribution in [-0.4, -0.2) is 23.8 Å². The fraction of sp³-hybridized carbons (Fsp3) is 0.538. The fourth-order valence-corrected chi connectivity index (χ4v) is 2.94. The van der Waals surface area contributed by atoms with Crippen LogP contribution >= 0.6 is 27.7 Å². The van der Waals surface area contributed by atoms with Crippen molar-refractivity contribution in [2.75, 3.05) is 12.3 Å². The van der Waals surface area contributed by atoms with E-state index >= 15 is 0 Å². The number of halogens is 4. The fourth-order valence-electron chi connectivity index (χ4n) is 2.22. The van der Waals surface area contributed by atoms with Crippen molar-refractivity contribution in [3.8, 4) is 0 Å². The van der Waals surface area contributed by atoms with E-state index in [1.54, 1.807) is 0 Å². The smallest absolute Gasteiger partial charge is 0.313 e. The SMILES string of the molecule is FC(F)(F)SCCNC1CC(c2ccc(Br)cc2)C1. The van der Waals surface area contributed by atoms with Gasteiger partial charge < -0.3 is 5.32 Å². The Morgan fingerprint density at radius 2 is 1.84 bits per heavy atom. The van der Waals surface area contributed by atoms with Crippen molar-refractivity contribution in [3.63, 3.8) is 0 Å². The molecule has 1 fully saturated rings. The number of rotatable bonds is 5. The van der Waals surface area contributed by atoms with Gasteiger partial charge in [-0.05, 0) is 48.2 Å². The Hall–Kier alpha value is -0.200. The molecule has 1 aromatic rings. The number of hydrogen-bond acceptors (Lipinski definition) is 2. The summed E-state index contributed by atoms with van der Waals surface area (Å²) in [6, 6.07) is 8.61. The van der Waals surface area contributed by atoms with Crippen LogP contribution in [0.5, 0.6) is 0 Å². The molecule has 1 aliphatic rings. The molecule has 1 saturated carbocycles. The standard InChI is InChI=1S/C13H15BrF3NS/c14-11-3-1-9(2-4-11)10-7-12(8-10)18-5-6-19-13(15,16)17/h1-4,10,12,18H,5-8H2. The van der Waals surface area contributed by atoms with Crippen LogP contribution in [0.1, 0.15) is 24.3 Å². The molecular weight excluding hydrogens is 339 g/mol. The Morgan fingerprint density at radius 1 is 1.21 bits per heavy atom. The van der Waals surface area contributed by atoms with Crippen molar-refractivity contribution in [3.05, 3.63) is 34.3 Å². The molecule has 6 heteroatoms. The van der Waals surface area contributed by atoms with E-state index in [1.807, 2.05) is 12.1 Å². The van der Waals surface area contributed by atoms with Crippen LogP contribution in [0.3, 0.4) is 0 Å². The predicted octanol–water partition coefficient (Wildman–Crippen LogP) is 4.54. The summed E-state index contributed by atoms with van der Waals surface area (Å²) in [5, 5.41) is 3.17. The van der Waals surface area contributed by atoms with Crippen molar-refractivity contribution in [2.45, 2.75) is 30.3 Å². The number of thioether (sulfide) groups is 1. The van der Waals surface area contributed by atoms with Crippen molar-refractivity contribution in [1.29, 1.82) is 0 Å². The predicted molar refractivity (Wildman–Crippen MR) is 76.4 cm³/mol. The molecule has 19 heavy (non-hydrogen) atoms. The quantitative estimate of drug-likeness (QED) is 0.780. The van der Waals surface area contributed by atoms with Gasteiger partial charge in [0, 0.05) is 22.8 Å². The molecule has 0 spiro atoms. The highest BCUT2D eigenvalue weighted by molar-refractivity contribution is 9.10. The third-order valence-corrected chi connectivity index (χ3v) is 4.54. The van der Waals surface area contributed by atoms with Crippen LogP contribution in [0.15, 0.2) is 28.7 Å². The Bertz CT molecular complexity index is 401. The van der Waals surface area contributed by atoms with Gasteiger partial charge in [0.2, 0.25) is 0 Å². The highest BCUT2D eigenvalue weighted by atomic mass is 79.9. The molecule has 1 N–H and O–H groups in total. The number of nitrogens with one attached hydrogen (secondary N) is 1. The van der Waals surface area contributed by atoms with Gasteiger partial charge in [-0.2, -0.15) is 13.2 Å². The zero-order valence-corrected chi connectivity index (χ0v) is 12.6. The molecule has 1 aliphatic carbocycles. The van der Waals surface area contributed by atoms with Gasteiger partial charge in [-0.25, -0.2) is 0 Å². The van der Waals surface area contributed by atoms with Gasteiger partial charge in [-0.3, -0.25) is 0 Å². The lowest BCUT2D eigenvalue weighted by Crippen LogP contribution is -2.41. The lowest BCUT2D eigenvalue weighted by molar-refractivity contribution is -0.0327. The van der Waals surface area contributed by atoms with Crippen LogP contribution in [-0.2, 0) is 0 Å². The summed E-state index contributed by atoms with van der Waals surface area (Å²) in [6.07, 6.45) is 2.02. The maximum absolute atomic E-state index is 11.9. The van der Waals surface area contributed by atoms with Crippen LogP contribution < -0.4 is 5.32 Å². The van der Waals surface area contributed by atoms with E-state index < -0.39 is 5.51 Å². The summed E-state index contributed by atoms with van der Waals surface area (Å²) >= 11 is 3.44. The highest BCUT2D eigenvalue weighted by Gasteiger charge is 2.31. The Balaban J connectivity index is 1.63. The molecule has 0 aliphatic heterocycles. The van der Waals surface area contributed by atoms with Gasteiger partial charge in [-0.1, -0.05) is 28.1 Å². The maximum atomic E-state index is 11.9. The molecule has 0 atom stereocenters. The molecule has 0 bridgehead atoms. The van der Waals surface area contributed by atoms with Crippen LogP contribution in [0.4, 0.5) is 13.2 Å². The molecule has 106 valence electrons. The van der Waals surface area contributed by atoms with Gasteiger partial charge in [0.15, 0.2) is 0 Å². The zero-order chi connectivity index (χ0) is 13.9. The average molecular weight is 354 g/mol. The van der Waals surface area contributed by atoms with E-state index in [0.717, 1.165) is 17.3 Å². The van der Waals surface area contributed by atoms with Gasteiger partial charge in [0.05, 0.1) is 0 Å². The molecule has 0 amide bonds. The number of alkyl halides is 3. The second kappa shape index (κ2) is 6.50. The summed E-state index contributed by atoms with van der Waals surface area (Å²) in [4.78, 5) is 0. The van der Waals surface area contributed by atoms with Crippen molar-refractivity contribution < 1.29 is 13.2 Å². The summed E-state index contributed by atoms with van der Waals surface area (Å²) in [5.74, 6) is 0.629. The van der Waals surface area contributed by atoms with Crippen molar-refractivity contribution in [2.24, 2.45) is 0 Å². The van der Waals surface area contributed by atoms with E-state index in [1.165, 1.54) is 5.56 Å². The number of hydrogen-bond donors (Lipinski definition) is 1. The molecule has 0 aromatic heterocycles. The first-order valence-electron chi connectivity index (χ1n) is 6.13. The summed E-state index contributed by atoms with van der Waals surface area (Å²) in [6.45, 7) is 0.419. The molecule has 2 rings (SSSR count). The molecular formula is C13H15BrF3NS. The molecule has 0 saturated heterocycles. The van der Waals surface area contributed by atoms with Crippen LogP contribution in [0.25, 0.3) is 0 Å². The minimum atomic E-state index is -4.11. The minimum Gasteiger partial charge on any atom is -0.313 e. The van der Waals surface area contributed by atoms with Crippen molar-refractivity contribution in [1.82, 2.24) is 5.32 Å². The monoisotopic (exact) mass is 353 g/mol. The van der Waals surface area contributed by atoms with E-state index in [0.29, 0.717) is 18.5 Å². The van der Waals surface area contributed by atoms with Gasteiger partial charge in [0.25, 0.3) is 0 Å². The van der Waals surface area contributed by atoms with Gasteiger partial charge in [0.1, 0.15) is 0 Å². The Morgan fingerprint density at radius 3 is 2.42 bits per heavy atom. The van der Waals surface area contributed by atoms with Crippen LogP contribution in [0.2, 0.25) is 0 Å². The first kappa shape index (κ1) is 15.2. The zero-order valence-electron chi connectivity index (χ0n) is 10.2. The molecule has 0 radical (unpaired) electrons. The first-order chi connectivity index (χ1) is 8.94. The lowest BCUT2D eigenvalue weighted by Gasteiger charge is -2.36. The molecule has 1 nitrogen and oxygen atoms in total. The highest BCUT2D eigenvalue weighted by Crippen LogP contribution is 2.37. The summed E-state index contributed by atoms with van der Waals surface area (Å²) in [5.41, 5.74) is -2.80. The third-order valence-electron chi connectivity index (χ3n) is 3.28. The third kappa shape index (κ3) is 5.00. The van der Waals surface area contributed by atoms with Crippen LogP contribution in [0, 0.1) is 0 Å². The minimum absolute atomic E-state index is 0.0412. The average Bonchev–Trinajstić information content (AvgIpc) is 2.27. The molecule has 0 heterocycles. The van der Waals surface area contributed by atoms with E-state index in [-0.39, 0.29) is 17.5 Å². The lowest BCUT2D eigenvalue weighted by atomic mass is 9.76. The second-order valence-electron chi connectivity index (χ2n) is 4.67. The van der Waals surface area contributed by atoms with Crippen molar-refractivity contribution >= 4 is 27.7 Å². The van der Waals surface area contributed by atoms with E-state index in [4.69, 9.17) is 0 Å². The van der Waals surface area contributed by atoms with Gasteiger partial charge >= 0.3 is 5.51 Å². The largest absolute Gasteiger partial charge is 0.441 e. The summed E-state index contributed by atoms with van der Waals surface area (Å²) in [7, 11) is 0. The molecule has 0 unspecified atom stereocenters.